The van der Waals surface area contributed by atoms with E-state index >= 15 is 0 Å². The Morgan fingerprint density at radius 1 is 1.47 bits per heavy atom. The summed E-state index contributed by atoms with van der Waals surface area (Å²) >= 11 is 0. The minimum Gasteiger partial charge on any atom is -0.444 e. The molecule has 0 atom stereocenters. The SMILES string of the molecule is Cc1cc(=O)[nH]cc1C=CCNC(=O)OC(C)(C)C. The molecule has 104 valence electrons. The van der Waals surface area contributed by atoms with Crippen LogP contribution >= 0.6 is 0 Å². The summed E-state index contributed by atoms with van der Waals surface area (Å²) in [6.45, 7) is 7.66. The second-order valence-corrected chi connectivity index (χ2v) is 5.22. The van der Waals surface area contributed by atoms with Gasteiger partial charge in [0.25, 0.3) is 0 Å². The lowest BCUT2D eigenvalue weighted by molar-refractivity contribution is 0.0534. The number of nitrogens with one attached hydrogen (secondary N) is 2. The van der Waals surface area contributed by atoms with Gasteiger partial charge >= 0.3 is 6.09 Å². The van der Waals surface area contributed by atoms with Gasteiger partial charge in [-0.2, -0.15) is 0 Å². The van der Waals surface area contributed by atoms with Gasteiger partial charge in [0.2, 0.25) is 5.56 Å². The maximum Gasteiger partial charge on any atom is 0.407 e. The van der Waals surface area contributed by atoms with E-state index in [2.05, 4.69) is 10.3 Å². The molecule has 5 heteroatoms. The summed E-state index contributed by atoms with van der Waals surface area (Å²) < 4.78 is 5.10. The number of H-pyrrole nitrogens is 1. The first-order chi connectivity index (χ1) is 8.78. The Morgan fingerprint density at radius 2 is 2.16 bits per heavy atom. The average molecular weight is 264 g/mol. The summed E-state index contributed by atoms with van der Waals surface area (Å²) in [5.74, 6) is 0. The maximum absolute atomic E-state index is 11.4. The Bertz CT molecular complexity index is 524. The first kappa shape index (κ1) is 15.0. The first-order valence-electron chi connectivity index (χ1n) is 6.11. The fraction of sp³-hybridized carbons (Fsp3) is 0.429. The van der Waals surface area contributed by atoms with Crippen molar-refractivity contribution in [3.63, 3.8) is 0 Å². The average Bonchev–Trinajstić information content (AvgIpc) is 2.24. The smallest absolute Gasteiger partial charge is 0.407 e. The van der Waals surface area contributed by atoms with E-state index in [4.69, 9.17) is 4.74 Å². The Morgan fingerprint density at radius 3 is 2.74 bits per heavy atom. The van der Waals surface area contributed by atoms with Crippen molar-refractivity contribution >= 4 is 12.2 Å². The number of pyridine rings is 1. The van der Waals surface area contributed by atoms with Crippen LogP contribution in [0.25, 0.3) is 6.08 Å². The van der Waals surface area contributed by atoms with Crippen molar-refractivity contribution < 1.29 is 9.53 Å². The van der Waals surface area contributed by atoms with Gasteiger partial charge in [0.15, 0.2) is 0 Å². The Balaban J connectivity index is 2.47. The third-order valence-electron chi connectivity index (χ3n) is 2.23. The number of aromatic nitrogens is 1. The second-order valence-electron chi connectivity index (χ2n) is 5.22. The predicted molar refractivity (Wildman–Crippen MR) is 75.1 cm³/mol. The molecule has 0 aliphatic heterocycles. The highest BCUT2D eigenvalue weighted by atomic mass is 16.6. The molecular weight excluding hydrogens is 244 g/mol. The standard InChI is InChI=1S/C14H20N2O3/c1-10-8-12(17)16-9-11(10)6-5-7-15-13(18)19-14(2,3)4/h5-6,8-9H,7H2,1-4H3,(H,15,18)(H,16,17). The summed E-state index contributed by atoms with van der Waals surface area (Å²) in [6, 6.07) is 1.53. The van der Waals surface area contributed by atoms with Crippen LogP contribution in [0.1, 0.15) is 31.9 Å². The minimum atomic E-state index is -0.497. The fourth-order valence-electron chi connectivity index (χ4n) is 1.41. The van der Waals surface area contributed by atoms with Gasteiger partial charge in [-0.15, -0.1) is 0 Å². The monoisotopic (exact) mass is 264 g/mol. The van der Waals surface area contributed by atoms with Crippen molar-refractivity contribution in [2.24, 2.45) is 0 Å². The predicted octanol–water partition coefficient (Wildman–Crippen LogP) is 2.22. The molecule has 0 saturated carbocycles. The van der Waals surface area contributed by atoms with E-state index < -0.39 is 11.7 Å². The van der Waals surface area contributed by atoms with E-state index in [1.165, 1.54) is 6.07 Å². The first-order valence-corrected chi connectivity index (χ1v) is 6.11. The lowest BCUT2D eigenvalue weighted by atomic mass is 10.1. The quantitative estimate of drug-likeness (QED) is 0.879. The Labute approximate surface area is 112 Å². The summed E-state index contributed by atoms with van der Waals surface area (Å²) in [4.78, 5) is 25.0. The Hall–Kier alpha value is -2.04. The zero-order valence-electron chi connectivity index (χ0n) is 11.7. The molecule has 0 radical (unpaired) electrons. The van der Waals surface area contributed by atoms with Gasteiger partial charge < -0.3 is 15.0 Å². The highest BCUT2D eigenvalue weighted by molar-refractivity contribution is 5.68. The van der Waals surface area contributed by atoms with Gasteiger partial charge in [-0.25, -0.2) is 4.79 Å². The number of ether oxygens (including phenoxy) is 1. The van der Waals surface area contributed by atoms with Gasteiger partial charge in [-0.1, -0.05) is 12.2 Å². The van der Waals surface area contributed by atoms with E-state index in [1.807, 2.05) is 33.8 Å². The van der Waals surface area contributed by atoms with Crippen LogP contribution in [0.3, 0.4) is 0 Å². The fourth-order valence-corrected chi connectivity index (χ4v) is 1.41. The van der Waals surface area contributed by atoms with Crippen LogP contribution in [0.2, 0.25) is 0 Å². The van der Waals surface area contributed by atoms with Gasteiger partial charge in [0, 0.05) is 18.8 Å². The lowest BCUT2D eigenvalue weighted by Gasteiger charge is -2.19. The van der Waals surface area contributed by atoms with Gasteiger partial charge in [-0.05, 0) is 38.8 Å². The number of rotatable bonds is 3. The molecule has 0 fully saturated rings. The van der Waals surface area contributed by atoms with Crippen LogP contribution in [-0.4, -0.2) is 23.2 Å². The summed E-state index contributed by atoms with van der Waals surface area (Å²) in [5, 5.41) is 2.62. The van der Waals surface area contributed by atoms with Crippen molar-refractivity contribution in [1.82, 2.24) is 10.3 Å². The van der Waals surface area contributed by atoms with Crippen LogP contribution < -0.4 is 10.9 Å². The van der Waals surface area contributed by atoms with E-state index in [9.17, 15) is 9.59 Å². The second kappa shape index (κ2) is 6.22. The van der Waals surface area contributed by atoms with Crippen molar-refractivity contribution in [3.05, 3.63) is 39.8 Å². The largest absolute Gasteiger partial charge is 0.444 e. The van der Waals surface area contributed by atoms with Crippen molar-refractivity contribution in [3.8, 4) is 0 Å². The summed E-state index contributed by atoms with van der Waals surface area (Å²) in [5.41, 5.74) is 1.17. The third-order valence-corrected chi connectivity index (χ3v) is 2.23. The number of hydrogen-bond acceptors (Lipinski definition) is 3. The number of aromatic amines is 1. The number of aryl methyl sites for hydroxylation is 1. The summed E-state index contributed by atoms with van der Waals surface area (Å²) in [7, 11) is 0. The minimum absolute atomic E-state index is 0.124. The number of carbonyl (C=O) groups excluding carboxylic acids is 1. The number of alkyl carbamates (subject to hydrolysis) is 1. The normalized spacial score (nSPS) is 11.6. The molecule has 0 spiro atoms. The van der Waals surface area contributed by atoms with Gasteiger partial charge in [0.05, 0.1) is 0 Å². The molecular formula is C14H20N2O3. The maximum atomic E-state index is 11.4. The highest BCUT2D eigenvalue weighted by Crippen LogP contribution is 2.06. The van der Waals surface area contributed by atoms with E-state index in [0.29, 0.717) is 6.54 Å². The molecule has 0 aliphatic rings. The van der Waals surface area contributed by atoms with Crippen LogP contribution in [0.15, 0.2) is 23.1 Å². The molecule has 0 saturated heterocycles. The molecule has 0 aromatic carbocycles. The molecule has 0 bridgehead atoms. The zero-order valence-corrected chi connectivity index (χ0v) is 11.7. The molecule has 2 N–H and O–H groups in total. The van der Waals surface area contributed by atoms with Gasteiger partial charge in [-0.3, -0.25) is 4.79 Å². The van der Waals surface area contributed by atoms with Gasteiger partial charge in [0.1, 0.15) is 5.60 Å². The molecule has 0 unspecified atom stereocenters. The molecule has 5 nitrogen and oxygen atoms in total. The topological polar surface area (TPSA) is 71.2 Å². The summed E-state index contributed by atoms with van der Waals surface area (Å²) in [6.07, 6.45) is 4.82. The molecule has 0 aliphatic carbocycles. The molecule has 1 aromatic rings. The Kier molecular flexibility index (Phi) is 4.92. The van der Waals surface area contributed by atoms with E-state index in [1.54, 1.807) is 12.3 Å². The molecule has 19 heavy (non-hydrogen) atoms. The van der Waals surface area contributed by atoms with Crippen molar-refractivity contribution in [2.45, 2.75) is 33.3 Å². The lowest BCUT2D eigenvalue weighted by Crippen LogP contribution is -2.32. The highest BCUT2D eigenvalue weighted by Gasteiger charge is 2.14. The zero-order chi connectivity index (χ0) is 14.5. The number of amides is 1. The third kappa shape index (κ3) is 5.90. The number of carbonyl (C=O) groups is 1. The van der Waals surface area contributed by atoms with Crippen molar-refractivity contribution in [2.75, 3.05) is 6.54 Å². The van der Waals surface area contributed by atoms with Crippen LogP contribution in [0.5, 0.6) is 0 Å². The number of hydrogen-bond donors (Lipinski definition) is 2. The van der Waals surface area contributed by atoms with Crippen LogP contribution in [-0.2, 0) is 4.74 Å². The molecule has 1 rings (SSSR count). The van der Waals surface area contributed by atoms with Crippen LogP contribution in [0.4, 0.5) is 4.79 Å². The van der Waals surface area contributed by atoms with Crippen LogP contribution in [0, 0.1) is 6.92 Å². The van der Waals surface area contributed by atoms with E-state index in [-0.39, 0.29) is 5.56 Å². The molecule has 1 amide bonds. The molecule has 1 heterocycles. The van der Waals surface area contributed by atoms with E-state index in [0.717, 1.165) is 11.1 Å². The molecule has 1 aromatic heterocycles. The van der Waals surface area contributed by atoms with Crippen molar-refractivity contribution in [1.29, 1.82) is 0 Å².